The van der Waals surface area contributed by atoms with E-state index in [4.69, 9.17) is 5.73 Å². The summed E-state index contributed by atoms with van der Waals surface area (Å²) in [6.45, 7) is 0. The fourth-order valence-corrected chi connectivity index (χ4v) is 1.32. The zero-order valence-electron chi connectivity index (χ0n) is 8.24. The number of nitrogens with two attached hydrogens (primary N) is 1. The molecule has 0 spiro atoms. The number of nitrogens with one attached hydrogen (secondary N) is 1. The third-order valence-corrected chi connectivity index (χ3v) is 1.91. The molecular weight excluding hydrogens is 212 g/mol. The van der Waals surface area contributed by atoms with Gasteiger partial charge >= 0.3 is 0 Å². The van der Waals surface area contributed by atoms with Crippen LogP contribution >= 0.6 is 0 Å². The molecule has 3 nitrogen and oxygen atoms in total. The maximum Gasteiger partial charge on any atom is 0.128 e. The molecule has 0 bridgehead atoms. The lowest BCUT2D eigenvalue weighted by molar-refractivity contribution is 0.584. The molecular formula is C11H9F2N3. The molecule has 0 saturated heterocycles. The minimum Gasteiger partial charge on any atom is -0.397 e. The molecule has 2 aromatic rings. The summed E-state index contributed by atoms with van der Waals surface area (Å²) < 4.78 is 25.8. The molecule has 0 unspecified atom stereocenters. The van der Waals surface area contributed by atoms with Gasteiger partial charge in [0.15, 0.2) is 0 Å². The highest BCUT2D eigenvalue weighted by Gasteiger charge is 2.01. The molecule has 0 aliphatic heterocycles. The van der Waals surface area contributed by atoms with E-state index in [9.17, 15) is 8.78 Å². The number of nitrogens with zero attached hydrogens (tertiary/aromatic N) is 1. The summed E-state index contributed by atoms with van der Waals surface area (Å²) in [5.74, 6) is -1.28. The average molecular weight is 221 g/mol. The summed E-state index contributed by atoms with van der Waals surface area (Å²) in [5, 5.41) is 2.80. The number of rotatable bonds is 2. The Kier molecular flexibility index (Phi) is 2.68. The standard InChI is InChI=1S/C11H9F2N3/c12-7-1-8(13)3-10(2-7)16-11-4-9(14)5-15-6-11/h1-6,16H,14H2. The second-order valence-electron chi connectivity index (χ2n) is 3.29. The molecule has 0 aliphatic carbocycles. The normalized spacial score (nSPS) is 10.1. The summed E-state index contributed by atoms with van der Waals surface area (Å²) >= 11 is 0. The van der Waals surface area contributed by atoms with Gasteiger partial charge in [-0.25, -0.2) is 8.78 Å². The van der Waals surface area contributed by atoms with Crippen LogP contribution in [0.2, 0.25) is 0 Å². The van der Waals surface area contributed by atoms with Gasteiger partial charge in [-0.15, -0.1) is 0 Å². The molecule has 16 heavy (non-hydrogen) atoms. The van der Waals surface area contributed by atoms with Gasteiger partial charge < -0.3 is 11.1 Å². The average Bonchev–Trinajstić information content (AvgIpc) is 2.15. The quantitative estimate of drug-likeness (QED) is 0.819. The molecule has 0 saturated carbocycles. The van der Waals surface area contributed by atoms with Gasteiger partial charge in [0, 0.05) is 18.0 Å². The molecule has 3 N–H and O–H groups in total. The predicted molar refractivity (Wildman–Crippen MR) is 58.3 cm³/mol. The van der Waals surface area contributed by atoms with Crippen LogP contribution in [0.4, 0.5) is 25.8 Å². The maximum atomic E-state index is 12.9. The second-order valence-corrected chi connectivity index (χ2v) is 3.29. The second kappa shape index (κ2) is 4.14. The Morgan fingerprint density at radius 1 is 0.938 bits per heavy atom. The van der Waals surface area contributed by atoms with Crippen LogP contribution in [0.3, 0.4) is 0 Å². The number of halogens is 2. The first-order chi connectivity index (χ1) is 7.63. The van der Waals surface area contributed by atoms with Gasteiger partial charge in [0.2, 0.25) is 0 Å². The van der Waals surface area contributed by atoms with E-state index in [0.717, 1.165) is 6.07 Å². The first kappa shape index (κ1) is 10.4. The molecule has 0 amide bonds. The van der Waals surface area contributed by atoms with E-state index in [1.54, 1.807) is 6.07 Å². The number of benzene rings is 1. The first-order valence-electron chi connectivity index (χ1n) is 4.57. The topological polar surface area (TPSA) is 50.9 Å². The van der Waals surface area contributed by atoms with Crippen LogP contribution in [-0.4, -0.2) is 4.98 Å². The van der Waals surface area contributed by atoms with E-state index in [-0.39, 0.29) is 0 Å². The van der Waals surface area contributed by atoms with Crippen molar-refractivity contribution in [1.29, 1.82) is 0 Å². The zero-order valence-corrected chi connectivity index (χ0v) is 8.24. The van der Waals surface area contributed by atoms with E-state index in [1.807, 2.05) is 0 Å². The van der Waals surface area contributed by atoms with E-state index >= 15 is 0 Å². The highest BCUT2D eigenvalue weighted by Crippen LogP contribution is 2.19. The van der Waals surface area contributed by atoms with Crippen LogP contribution in [0.5, 0.6) is 0 Å². The Bertz CT molecular complexity index is 494. The van der Waals surface area contributed by atoms with Gasteiger partial charge in [-0.1, -0.05) is 0 Å². The summed E-state index contributed by atoms with van der Waals surface area (Å²) in [5.41, 5.74) is 6.88. The van der Waals surface area contributed by atoms with Crippen molar-refractivity contribution < 1.29 is 8.78 Å². The van der Waals surface area contributed by atoms with Crippen molar-refractivity contribution in [3.8, 4) is 0 Å². The number of hydrogen-bond donors (Lipinski definition) is 2. The van der Waals surface area contributed by atoms with Crippen LogP contribution < -0.4 is 11.1 Å². The molecule has 1 heterocycles. The van der Waals surface area contributed by atoms with Crippen molar-refractivity contribution in [2.75, 3.05) is 11.1 Å². The summed E-state index contributed by atoms with van der Waals surface area (Å²) in [6, 6.07) is 4.80. The van der Waals surface area contributed by atoms with Crippen LogP contribution in [0.1, 0.15) is 0 Å². The van der Waals surface area contributed by atoms with Crippen LogP contribution in [0.25, 0.3) is 0 Å². The van der Waals surface area contributed by atoms with Crippen LogP contribution in [0.15, 0.2) is 36.7 Å². The third kappa shape index (κ3) is 2.44. The number of anilines is 3. The molecule has 1 aromatic heterocycles. The molecule has 0 radical (unpaired) electrons. The molecule has 1 aromatic carbocycles. The van der Waals surface area contributed by atoms with E-state index in [2.05, 4.69) is 10.3 Å². The Hall–Kier alpha value is -2.17. The van der Waals surface area contributed by atoms with Crippen molar-refractivity contribution in [2.24, 2.45) is 0 Å². The lowest BCUT2D eigenvalue weighted by atomic mass is 10.3. The monoisotopic (exact) mass is 221 g/mol. The van der Waals surface area contributed by atoms with Gasteiger partial charge in [-0.3, -0.25) is 4.98 Å². The van der Waals surface area contributed by atoms with Crippen molar-refractivity contribution in [1.82, 2.24) is 4.98 Å². The minimum absolute atomic E-state index is 0.310. The molecule has 82 valence electrons. The van der Waals surface area contributed by atoms with Crippen molar-refractivity contribution in [2.45, 2.75) is 0 Å². The van der Waals surface area contributed by atoms with Crippen LogP contribution in [0, 0.1) is 11.6 Å². The number of aromatic nitrogens is 1. The molecule has 5 heteroatoms. The van der Waals surface area contributed by atoms with Crippen molar-refractivity contribution in [3.05, 3.63) is 48.3 Å². The lowest BCUT2D eigenvalue weighted by Gasteiger charge is -2.06. The largest absolute Gasteiger partial charge is 0.397 e. The molecule has 0 atom stereocenters. The maximum absolute atomic E-state index is 12.9. The van der Waals surface area contributed by atoms with Crippen LogP contribution in [-0.2, 0) is 0 Å². The molecule has 0 fully saturated rings. The smallest absolute Gasteiger partial charge is 0.128 e. The Morgan fingerprint density at radius 2 is 1.62 bits per heavy atom. The number of hydrogen-bond acceptors (Lipinski definition) is 3. The first-order valence-corrected chi connectivity index (χ1v) is 4.57. The minimum atomic E-state index is -0.639. The lowest BCUT2D eigenvalue weighted by Crippen LogP contribution is -1.95. The fourth-order valence-electron chi connectivity index (χ4n) is 1.32. The van der Waals surface area contributed by atoms with Gasteiger partial charge in [0.05, 0.1) is 17.6 Å². The number of nitrogen functional groups attached to an aromatic ring is 1. The summed E-state index contributed by atoms with van der Waals surface area (Å²) in [7, 11) is 0. The fraction of sp³-hybridized carbons (Fsp3) is 0. The summed E-state index contributed by atoms with van der Waals surface area (Å²) in [6.07, 6.45) is 3.00. The molecule has 2 rings (SSSR count). The third-order valence-electron chi connectivity index (χ3n) is 1.91. The summed E-state index contributed by atoms with van der Waals surface area (Å²) in [4.78, 5) is 3.85. The molecule has 0 aliphatic rings. The Morgan fingerprint density at radius 3 is 2.25 bits per heavy atom. The predicted octanol–water partition coefficient (Wildman–Crippen LogP) is 2.69. The zero-order chi connectivity index (χ0) is 11.5. The van der Waals surface area contributed by atoms with Gasteiger partial charge in [-0.2, -0.15) is 0 Å². The van der Waals surface area contributed by atoms with Gasteiger partial charge in [0.25, 0.3) is 0 Å². The van der Waals surface area contributed by atoms with E-state index in [0.29, 0.717) is 17.1 Å². The Labute approximate surface area is 90.9 Å². The van der Waals surface area contributed by atoms with Gasteiger partial charge in [-0.05, 0) is 18.2 Å². The van der Waals surface area contributed by atoms with Crippen molar-refractivity contribution >= 4 is 17.1 Å². The van der Waals surface area contributed by atoms with E-state index in [1.165, 1.54) is 24.5 Å². The van der Waals surface area contributed by atoms with Crippen molar-refractivity contribution in [3.63, 3.8) is 0 Å². The number of pyridine rings is 1. The van der Waals surface area contributed by atoms with Gasteiger partial charge in [0.1, 0.15) is 11.6 Å². The Balaban J connectivity index is 2.27. The SMILES string of the molecule is Nc1cncc(Nc2cc(F)cc(F)c2)c1. The van der Waals surface area contributed by atoms with E-state index < -0.39 is 11.6 Å². The highest BCUT2D eigenvalue weighted by molar-refractivity contribution is 5.62. The highest BCUT2D eigenvalue weighted by atomic mass is 19.1.